The highest BCUT2D eigenvalue weighted by molar-refractivity contribution is 5.92. The van der Waals surface area contributed by atoms with Crippen LogP contribution in [-0.2, 0) is 4.79 Å². The number of nitrogens with one attached hydrogen (secondary N) is 1. The number of hydrogen-bond acceptors (Lipinski definition) is 2. The third-order valence-corrected chi connectivity index (χ3v) is 1.97. The van der Waals surface area contributed by atoms with Crippen molar-refractivity contribution < 1.29 is 9.53 Å². The van der Waals surface area contributed by atoms with Crippen molar-refractivity contribution in [3.05, 3.63) is 24.3 Å². The molecule has 0 saturated carbocycles. The molecule has 82 valence electrons. The summed E-state index contributed by atoms with van der Waals surface area (Å²) in [7, 11) is 1.59. The molecule has 0 atom stereocenters. The van der Waals surface area contributed by atoms with E-state index >= 15 is 0 Å². The fourth-order valence-corrected chi connectivity index (χ4v) is 1.32. The van der Waals surface area contributed by atoms with Crippen LogP contribution < -0.4 is 10.1 Å². The van der Waals surface area contributed by atoms with Crippen molar-refractivity contribution in [2.24, 2.45) is 5.92 Å². The fraction of sp³-hybridized carbons (Fsp3) is 0.417. The van der Waals surface area contributed by atoms with Gasteiger partial charge in [0.25, 0.3) is 0 Å². The molecule has 0 aliphatic carbocycles. The second kappa shape index (κ2) is 5.39. The standard InChI is InChI=1S/C12H17NO2/c1-9(2)8-12(14)13-10-6-4-5-7-11(10)15-3/h4-7,9H,8H2,1-3H3,(H,13,14). The predicted molar refractivity (Wildman–Crippen MR) is 61.1 cm³/mol. The third kappa shape index (κ3) is 3.62. The maximum absolute atomic E-state index is 11.5. The molecule has 0 aromatic heterocycles. The molecule has 3 heteroatoms. The van der Waals surface area contributed by atoms with Gasteiger partial charge in [0.1, 0.15) is 5.75 Å². The summed E-state index contributed by atoms with van der Waals surface area (Å²) in [6.07, 6.45) is 0.526. The summed E-state index contributed by atoms with van der Waals surface area (Å²) in [6.45, 7) is 4.03. The van der Waals surface area contributed by atoms with Crippen LogP contribution in [0.15, 0.2) is 24.3 Å². The summed E-state index contributed by atoms with van der Waals surface area (Å²) >= 11 is 0. The zero-order valence-corrected chi connectivity index (χ0v) is 9.41. The Labute approximate surface area is 90.4 Å². The van der Waals surface area contributed by atoms with Gasteiger partial charge in [-0.3, -0.25) is 4.79 Å². The first-order valence-electron chi connectivity index (χ1n) is 5.06. The van der Waals surface area contributed by atoms with E-state index < -0.39 is 0 Å². The van der Waals surface area contributed by atoms with Crippen LogP contribution in [0.2, 0.25) is 0 Å². The number of methoxy groups -OCH3 is 1. The molecule has 0 heterocycles. The van der Waals surface area contributed by atoms with E-state index in [4.69, 9.17) is 4.74 Å². The molecule has 15 heavy (non-hydrogen) atoms. The summed E-state index contributed by atoms with van der Waals surface area (Å²) in [6, 6.07) is 7.40. The molecular weight excluding hydrogens is 190 g/mol. The number of carbonyl (C=O) groups excluding carboxylic acids is 1. The van der Waals surface area contributed by atoms with E-state index in [0.29, 0.717) is 18.1 Å². The van der Waals surface area contributed by atoms with E-state index in [1.165, 1.54) is 0 Å². The minimum absolute atomic E-state index is 0.0227. The van der Waals surface area contributed by atoms with Crippen molar-refractivity contribution in [3.63, 3.8) is 0 Å². The molecule has 0 aliphatic rings. The van der Waals surface area contributed by atoms with Gasteiger partial charge in [-0.2, -0.15) is 0 Å². The van der Waals surface area contributed by atoms with Crippen molar-refractivity contribution in [1.82, 2.24) is 0 Å². The molecule has 0 aliphatic heterocycles. The van der Waals surface area contributed by atoms with Crippen LogP contribution in [0.25, 0.3) is 0 Å². The topological polar surface area (TPSA) is 38.3 Å². The van der Waals surface area contributed by atoms with Gasteiger partial charge < -0.3 is 10.1 Å². The highest BCUT2D eigenvalue weighted by Gasteiger charge is 2.07. The summed E-state index contributed by atoms with van der Waals surface area (Å²) in [5, 5.41) is 2.83. The summed E-state index contributed by atoms with van der Waals surface area (Å²) in [5.41, 5.74) is 0.727. The quantitative estimate of drug-likeness (QED) is 0.824. The van der Waals surface area contributed by atoms with Gasteiger partial charge in [-0.05, 0) is 18.1 Å². The Morgan fingerprint density at radius 2 is 2.07 bits per heavy atom. The van der Waals surface area contributed by atoms with E-state index in [-0.39, 0.29) is 5.91 Å². The van der Waals surface area contributed by atoms with Crippen molar-refractivity contribution in [1.29, 1.82) is 0 Å². The lowest BCUT2D eigenvalue weighted by Crippen LogP contribution is -2.14. The zero-order valence-electron chi connectivity index (χ0n) is 9.41. The number of carbonyl (C=O) groups is 1. The molecule has 1 aromatic carbocycles. The molecule has 1 amide bonds. The summed E-state index contributed by atoms with van der Waals surface area (Å²) in [4.78, 5) is 11.5. The van der Waals surface area contributed by atoms with E-state index in [9.17, 15) is 4.79 Å². The second-order valence-electron chi connectivity index (χ2n) is 3.85. The van der Waals surface area contributed by atoms with Gasteiger partial charge in [0, 0.05) is 6.42 Å². The number of benzene rings is 1. The summed E-state index contributed by atoms with van der Waals surface area (Å²) in [5.74, 6) is 1.07. The number of hydrogen-bond donors (Lipinski definition) is 1. The van der Waals surface area contributed by atoms with Crippen LogP contribution in [0, 0.1) is 5.92 Å². The lowest BCUT2D eigenvalue weighted by atomic mass is 10.1. The predicted octanol–water partition coefficient (Wildman–Crippen LogP) is 2.68. The van der Waals surface area contributed by atoms with E-state index in [0.717, 1.165) is 5.69 Å². The Morgan fingerprint density at radius 3 is 2.67 bits per heavy atom. The third-order valence-electron chi connectivity index (χ3n) is 1.97. The number of amides is 1. The molecule has 0 unspecified atom stereocenters. The van der Waals surface area contributed by atoms with E-state index in [1.54, 1.807) is 7.11 Å². The Hall–Kier alpha value is -1.51. The van der Waals surface area contributed by atoms with Gasteiger partial charge in [-0.25, -0.2) is 0 Å². The average Bonchev–Trinajstić information content (AvgIpc) is 2.17. The molecule has 0 radical (unpaired) electrons. The first-order chi connectivity index (χ1) is 7.13. The number of anilines is 1. The van der Waals surface area contributed by atoms with Gasteiger partial charge in [0.2, 0.25) is 5.91 Å². The van der Waals surface area contributed by atoms with Crippen LogP contribution in [0.3, 0.4) is 0 Å². The lowest BCUT2D eigenvalue weighted by Gasteiger charge is -2.10. The molecule has 0 spiro atoms. The first-order valence-corrected chi connectivity index (χ1v) is 5.06. The van der Waals surface area contributed by atoms with E-state index in [1.807, 2.05) is 38.1 Å². The SMILES string of the molecule is COc1ccccc1NC(=O)CC(C)C. The molecule has 0 saturated heterocycles. The Morgan fingerprint density at radius 1 is 1.40 bits per heavy atom. The number of rotatable bonds is 4. The molecule has 0 fully saturated rings. The highest BCUT2D eigenvalue weighted by Crippen LogP contribution is 2.23. The van der Waals surface area contributed by atoms with Crippen LogP contribution in [-0.4, -0.2) is 13.0 Å². The Bertz CT molecular complexity index is 334. The lowest BCUT2D eigenvalue weighted by molar-refractivity contribution is -0.116. The van der Waals surface area contributed by atoms with Gasteiger partial charge in [-0.15, -0.1) is 0 Å². The van der Waals surface area contributed by atoms with Crippen molar-refractivity contribution >= 4 is 11.6 Å². The minimum Gasteiger partial charge on any atom is -0.495 e. The van der Waals surface area contributed by atoms with E-state index in [2.05, 4.69) is 5.32 Å². The van der Waals surface area contributed by atoms with Crippen LogP contribution >= 0.6 is 0 Å². The van der Waals surface area contributed by atoms with Crippen molar-refractivity contribution in [2.45, 2.75) is 20.3 Å². The van der Waals surface area contributed by atoms with Gasteiger partial charge >= 0.3 is 0 Å². The van der Waals surface area contributed by atoms with Crippen molar-refractivity contribution in [2.75, 3.05) is 12.4 Å². The van der Waals surface area contributed by atoms with Gasteiger partial charge in [0.05, 0.1) is 12.8 Å². The van der Waals surface area contributed by atoms with Crippen LogP contribution in [0.4, 0.5) is 5.69 Å². The monoisotopic (exact) mass is 207 g/mol. The fourth-order valence-electron chi connectivity index (χ4n) is 1.32. The molecular formula is C12H17NO2. The smallest absolute Gasteiger partial charge is 0.224 e. The van der Waals surface area contributed by atoms with Crippen molar-refractivity contribution in [3.8, 4) is 5.75 Å². The van der Waals surface area contributed by atoms with Gasteiger partial charge in [0.15, 0.2) is 0 Å². The normalized spacial score (nSPS) is 10.1. The minimum atomic E-state index is 0.0227. The Kier molecular flexibility index (Phi) is 4.16. The Balaban J connectivity index is 2.67. The second-order valence-corrected chi connectivity index (χ2v) is 3.85. The molecule has 1 N–H and O–H groups in total. The maximum atomic E-state index is 11.5. The average molecular weight is 207 g/mol. The van der Waals surface area contributed by atoms with Crippen LogP contribution in [0.1, 0.15) is 20.3 Å². The number of ether oxygens (including phenoxy) is 1. The molecule has 1 rings (SSSR count). The van der Waals surface area contributed by atoms with Crippen LogP contribution in [0.5, 0.6) is 5.75 Å². The maximum Gasteiger partial charge on any atom is 0.224 e. The molecule has 1 aromatic rings. The largest absolute Gasteiger partial charge is 0.495 e. The molecule has 0 bridgehead atoms. The van der Waals surface area contributed by atoms with Gasteiger partial charge in [-0.1, -0.05) is 26.0 Å². The molecule has 3 nitrogen and oxygen atoms in total. The number of para-hydroxylation sites is 2. The highest BCUT2D eigenvalue weighted by atomic mass is 16.5. The first kappa shape index (κ1) is 11.6. The zero-order chi connectivity index (χ0) is 11.3. The summed E-state index contributed by atoms with van der Waals surface area (Å²) < 4.78 is 5.14.